The fraction of sp³-hybridized carbons (Fsp3) is 0.684. The number of aliphatic hydroxyl groups is 5. The highest BCUT2D eigenvalue weighted by Crippen LogP contribution is 2.40. The van der Waals surface area contributed by atoms with Crippen molar-refractivity contribution in [1.82, 2.24) is 0 Å². The monoisotopic (exact) mass is 418 g/mol. The third kappa shape index (κ3) is 4.15. The number of hydrogen-bond acceptors (Lipinski definition) is 8. The van der Waals surface area contributed by atoms with E-state index in [4.69, 9.17) is 25.8 Å². The highest BCUT2D eigenvalue weighted by Gasteiger charge is 2.53. The molecule has 1 aromatic rings. The zero-order valence-electron chi connectivity index (χ0n) is 15.6. The van der Waals surface area contributed by atoms with Crippen molar-refractivity contribution in [3.63, 3.8) is 0 Å². The Hall–Kier alpha value is -0.970. The molecule has 0 unspecified atom stereocenters. The molecule has 8 nitrogen and oxygen atoms in total. The van der Waals surface area contributed by atoms with Crippen molar-refractivity contribution in [3.8, 4) is 5.75 Å². The van der Waals surface area contributed by atoms with Crippen LogP contribution in [0.15, 0.2) is 18.2 Å². The van der Waals surface area contributed by atoms with Gasteiger partial charge in [0.15, 0.2) is 0 Å². The van der Waals surface area contributed by atoms with Gasteiger partial charge in [0, 0.05) is 12.7 Å². The summed E-state index contributed by atoms with van der Waals surface area (Å²) in [5, 5.41) is 50.9. The molecule has 0 radical (unpaired) electrons. The van der Waals surface area contributed by atoms with Gasteiger partial charge < -0.3 is 39.7 Å². The quantitative estimate of drug-likeness (QED) is 0.461. The lowest BCUT2D eigenvalue weighted by atomic mass is 9.88. The SMILES string of the molecule is COC1CCC(Oc2cc([C@]3(O)O[C@H](CO)[C@@H](O)[C@H](O)[C@H]3O)ccc2Cl)CC1. The van der Waals surface area contributed by atoms with Crippen LogP contribution in [0.5, 0.6) is 5.75 Å². The molecule has 28 heavy (non-hydrogen) atoms. The molecule has 2 aliphatic rings. The van der Waals surface area contributed by atoms with Gasteiger partial charge in [0.25, 0.3) is 0 Å². The Kier molecular flexibility index (Phi) is 6.84. The number of halogens is 1. The van der Waals surface area contributed by atoms with Gasteiger partial charge in [-0.05, 0) is 37.8 Å². The van der Waals surface area contributed by atoms with E-state index in [1.54, 1.807) is 7.11 Å². The van der Waals surface area contributed by atoms with Crippen LogP contribution >= 0.6 is 11.6 Å². The maximum atomic E-state index is 10.9. The van der Waals surface area contributed by atoms with E-state index >= 15 is 0 Å². The van der Waals surface area contributed by atoms with Gasteiger partial charge in [0.2, 0.25) is 5.79 Å². The first-order chi connectivity index (χ1) is 13.3. The lowest BCUT2D eigenvalue weighted by molar-refractivity contribution is -0.357. The molecule has 1 aliphatic carbocycles. The topological polar surface area (TPSA) is 129 Å². The maximum absolute atomic E-state index is 10.9. The minimum atomic E-state index is -2.34. The van der Waals surface area contributed by atoms with Crippen molar-refractivity contribution >= 4 is 11.6 Å². The van der Waals surface area contributed by atoms with Gasteiger partial charge >= 0.3 is 0 Å². The van der Waals surface area contributed by atoms with Crippen molar-refractivity contribution in [2.75, 3.05) is 13.7 Å². The Labute approximate surface area is 168 Å². The molecule has 0 spiro atoms. The van der Waals surface area contributed by atoms with Crippen LogP contribution in [-0.2, 0) is 15.3 Å². The standard InChI is InChI=1S/C19H27ClO8/c1-26-11-3-5-12(6-4-11)27-14-8-10(2-7-13(14)20)19(25)18(24)17(23)16(22)15(9-21)28-19/h2,7-8,11-12,15-18,21-25H,3-6,9H2,1H3/t11?,12?,15-,16-,17+,18-,19+/m1/s1. The predicted molar refractivity (Wildman–Crippen MR) is 99.0 cm³/mol. The van der Waals surface area contributed by atoms with E-state index in [9.17, 15) is 25.5 Å². The van der Waals surface area contributed by atoms with Gasteiger partial charge in [-0.15, -0.1) is 0 Å². The Morgan fingerprint density at radius 1 is 1.11 bits per heavy atom. The first-order valence-corrected chi connectivity index (χ1v) is 9.72. The first kappa shape index (κ1) is 21.7. The minimum absolute atomic E-state index is 0.0661. The second kappa shape index (κ2) is 8.81. The normalized spacial score (nSPS) is 39.0. The molecule has 2 fully saturated rings. The molecule has 158 valence electrons. The molecular formula is C19H27ClO8. The highest BCUT2D eigenvalue weighted by atomic mass is 35.5. The number of hydrogen-bond donors (Lipinski definition) is 5. The van der Waals surface area contributed by atoms with Crippen molar-refractivity contribution in [3.05, 3.63) is 28.8 Å². The van der Waals surface area contributed by atoms with Crippen LogP contribution in [0.1, 0.15) is 31.2 Å². The number of ether oxygens (including phenoxy) is 3. The molecule has 5 N–H and O–H groups in total. The van der Waals surface area contributed by atoms with Gasteiger partial charge in [-0.3, -0.25) is 0 Å². The summed E-state index contributed by atoms with van der Waals surface area (Å²) in [6, 6.07) is 4.36. The van der Waals surface area contributed by atoms with E-state index in [0.717, 1.165) is 25.7 Å². The zero-order valence-corrected chi connectivity index (χ0v) is 16.3. The molecule has 1 aromatic carbocycles. The summed E-state index contributed by atoms with van der Waals surface area (Å²) in [5.41, 5.74) is 0.0920. The predicted octanol–water partition coefficient (Wildman–Crippen LogP) is 0.295. The molecule has 1 heterocycles. The molecule has 1 aliphatic heterocycles. The third-order valence-electron chi connectivity index (χ3n) is 5.56. The van der Waals surface area contributed by atoms with Gasteiger partial charge in [-0.1, -0.05) is 17.7 Å². The Balaban J connectivity index is 1.82. The van der Waals surface area contributed by atoms with Crippen LogP contribution in [0.4, 0.5) is 0 Å². The highest BCUT2D eigenvalue weighted by molar-refractivity contribution is 6.32. The van der Waals surface area contributed by atoms with E-state index in [1.807, 2.05) is 0 Å². The molecule has 0 aromatic heterocycles. The summed E-state index contributed by atoms with van der Waals surface area (Å²) in [5.74, 6) is -2.03. The fourth-order valence-corrected chi connectivity index (χ4v) is 3.94. The zero-order chi connectivity index (χ0) is 20.5. The molecule has 5 atom stereocenters. The van der Waals surface area contributed by atoms with Crippen LogP contribution in [0, 0.1) is 0 Å². The van der Waals surface area contributed by atoms with Gasteiger partial charge in [0.05, 0.1) is 23.8 Å². The Morgan fingerprint density at radius 2 is 1.75 bits per heavy atom. The average molecular weight is 419 g/mol. The summed E-state index contributed by atoms with van der Waals surface area (Å²) in [4.78, 5) is 0. The lowest BCUT2D eigenvalue weighted by Crippen LogP contribution is -2.63. The summed E-state index contributed by atoms with van der Waals surface area (Å²) in [6.07, 6.45) is -2.89. The molecule has 0 amide bonds. The summed E-state index contributed by atoms with van der Waals surface area (Å²) in [7, 11) is 1.69. The lowest BCUT2D eigenvalue weighted by Gasteiger charge is -2.45. The number of aliphatic hydroxyl groups excluding tert-OH is 4. The van der Waals surface area contributed by atoms with Crippen molar-refractivity contribution in [2.45, 2.75) is 68.1 Å². The summed E-state index contributed by atoms with van der Waals surface area (Å²) in [6.45, 7) is -0.646. The maximum Gasteiger partial charge on any atom is 0.222 e. The molecular weight excluding hydrogens is 392 g/mol. The van der Waals surface area contributed by atoms with E-state index < -0.39 is 36.8 Å². The second-order valence-corrected chi connectivity index (χ2v) is 7.77. The molecule has 9 heteroatoms. The van der Waals surface area contributed by atoms with Crippen LogP contribution in [0.25, 0.3) is 0 Å². The van der Waals surface area contributed by atoms with E-state index in [1.165, 1.54) is 18.2 Å². The van der Waals surface area contributed by atoms with Crippen molar-refractivity contribution in [1.29, 1.82) is 0 Å². The van der Waals surface area contributed by atoms with Crippen LogP contribution in [0.3, 0.4) is 0 Å². The molecule has 3 rings (SSSR count). The number of methoxy groups -OCH3 is 1. The minimum Gasteiger partial charge on any atom is -0.489 e. The van der Waals surface area contributed by atoms with E-state index in [-0.39, 0.29) is 17.8 Å². The van der Waals surface area contributed by atoms with Gasteiger partial charge in [0.1, 0.15) is 30.2 Å². The van der Waals surface area contributed by atoms with Crippen molar-refractivity contribution < 1.29 is 39.7 Å². The molecule has 1 saturated heterocycles. The van der Waals surface area contributed by atoms with Crippen molar-refractivity contribution in [2.24, 2.45) is 0 Å². The Bertz CT molecular complexity index is 663. The number of rotatable bonds is 5. The van der Waals surface area contributed by atoms with E-state index in [0.29, 0.717) is 10.8 Å². The largest absolute Gasteiger partial charge is 0.489 e. The van der Waals surface area contributed by atoms with Gasteiger partial charge in [-0.25, -0.2) is 0 Å². The van der Waals surface area contributed by atoms with E-state index in [2.05, 4.69) is 0 Å². The summed E-state index contributed by atoms with van der Waals surface area (Å²) < 4.78 is 16.7. The first-order valence-electron chi connectivity index (χ1n) is 9.34. The third-order valence-corrected chi connectivity index (χ3v) is 5.87. The van der Waals surface area contributed by atoms with Crippen LogP contribution in [0.2, 0.25) is 5.02 Å². The second-order valence-electron chi connectivity index (χ2n) is 7.36. The molecule has 1 saturated carbocycles. The average Bonchev–Trinajstić information content (AvgIpc) is 2.71. The smallest absolute Gasteiger partial charge is 0.222 e. The van der Waals surface area contributed by atoms with Gasteiger partial charge in [-0.2, -0.15) is 0 Å². The Morgan fingerprint density at radius 3 is 2.36 bits per heavy atom. The summed E-state index contributed by atoms with van der Waals surface area (Å²) >= 11 is 6.24. The van der Waals surface area contributed by atoms with Crippen LogP contribution < -0.4 is 4.74 Å². The molecule has 0 bridgehead atoms. The van der Waals surface area contributed by atoms with Crippen LogP contribution in [-0.4, -0.2) is 75.9 Å². The number of benzene rings is 1. The fourth-order valence-electron chi connectivity index (χ4n) is 3.77.